The van der Waals surface area contributed by atoms with Crippen LogP contribution in [0.15, 0.2) is 73.1 Å². The topological polar surface area (TPSA) is 34.6 Å². The predicted molar refractivity (Wildman–Crippen MR) is 87.6 cm³/mol. The lowest BCUT2D eigenvalue weighted by atomic mass is 10.3. The number of hydrogen-bond acceptors (Lipinski definition) is 2. The molecule has 0 fully saturated rings. The van der Waals surface area contributed by atoms with Crippen molar-refractivity contribution in [2.24, 2.45) is 0 Å². The molecule has 1 aromatic carbocycles. The van der Waals surface area contributed by atoms with Crippen LogP contribution in [0.5, 0.6) is 0 Å². The zero-order valence-corrected chi connectivity index (χ0v) is 12.6. The summed E-state index contributed by atoms with van der Waals surface area (Å²) in [7, 11) is 0. The maximum atomic E-state index is 4.41. The van der Waals surface area contributed by atoms with E-state index in [1.54, 1.807) is 0 Å². The van der Waals surface area contributed by atoms with Crippen molar-refractivity contribution in [2.75, 3.05) is 0 Å². The highest BCUT2D eigenvalue weighted by atomic mass is 15.1. The first-order valence-electron chi connectivity index (χ1n) is 7.60. The van der Waals surface area contributed by atoms with Crippen LogP contribution in [0, 0.1) is 6.33 Å². The fraction of sp³-hybridized carbons (Fsp3) is 0.105. The van der Waals surface area contributed by atoms with Crippen molar-refractivity contribution in [1.29, 1.82) is 0 Å². The van der Waals surface area contributed by atoms with Gasteiger partial charge in [0, 0.05) is 23.4 Å². The predicted octanol–water partition coefficient (Wildman–Crippen LogP) is 2.62. The monoisotopic (exact) mass is 300 g/mol. The number of imidazole rings is 1. The van der Waals surface area contributed by atoms with Gasteiger partial charge in [0.15, 0.2) is 0 Å². The quantitative estimate of drug-likeness (QED) is 0.429. The smallest absolute Gasteiger partial charge is 0.205 e. The van der Waals surface area contributed by atoms with E-state index in [1.807, 2.05) is 48.8 Å². The van der Waals surface area contributed by atoms with Crippen molar-refractivity contribution in [3.05, 3.63) is 90.8 Å². The molecule has 0 aliphatic heterocycles. The van der Waals surface area contributed by atoms with Crippen LogP contribution in [-0.2, 0) is 13.1 Å². The Morgan fingerprint density at radius 2 is 1.52 bits per heavy atom. The van der Waals surface area contributed by atoms with E-state index in [4.69, 9.17) is 0 Å². The molecule has 4 heteroatoms. The van der Waals surface area contributed by atoms with E-state index in [2.05, 4.69) is 49.7 Å². The first kappa shape index (κ1) is 13.6. The number of aromatic nitrogens is 4. The van der Waals surface area contributed by atoms with Gasteiger partial charge in [-0.25, -0.2) is 0 Å². The number of pyridine rings is 2. The molecule has 0 spiro atoms. The number of hydrogen-bond donors (Lipinski definition) is 0. The average Bonchev–Trinajstić information content (AvgIpc) is 2.95. The highest BCUT2D eigenvalue weighted by Gasteiger charge is 2.08. The van der Waals surface area contributed by atoms with Crippen molar-refractivity contribution in [3.63, 3.8) is 0 Å². The Morgan fingerprint density at radius 1 is 0.826 bits per heavy atom. The minimum Gasteiger partial charge on any atom is -0.339 e. The van der Waals surface area contributed by atoms with Gasteiger partial charge in [-0.1, -0.05) is 36.4 Å². The first-order chi connectivity index (χ1) is 11.4. The van der Waals surface area contributed by atoms with Crippen molar-refractivity contribution in [1.82, 2.24) is 14.5 Å². The van der Waals surface area contributed by atoms with Gasteiger partial charge in [-0.15, -0.1) is 0 Å². The minimum atomic E-state index is 0.705. The SMILES string of the molecule is [c-]1n(Cc2ccccn2)c2ccccc2[n+]1Cc1ccccn1. The second kappa shape index (κ2) is 6.01. The van der Waals surface area contributed by atoms with E-state index in [0.29, 0.717) is 13.1 Å². The van der Waals surface area contributed by atoms with Gasteiger partial charge in [-0.2, -0.15) is 0 Å². The van der Waals surface area contributed by atoms with Gasteiger partial charge >= 0.3 is 0 Å². The molecule has 0 amide bonds. The van der Waals surface area contributed by atoms with Crippen LogP contribution in [0.3, 0.4) is 0 Å². The number of para-hydroxylation sites is 2. The molecule has 0 unspecified atom stereocenters. The minimum absolute atomic E-state index is 0.705. The lowest BCUT2D eigenvalue weighted by Gasteiger charge is -2.03. The fourth-order valence-electron chi connectivity index (χ4n) is 2.72. The third kappa shape index (κ3) is 2.83. The Bertz CT molecular complexity index is 838. The van der Waals surface area contributed by atoms with Crippen molar-refractivity contribution < 1.29 is 4.57 Å². The molecule has 4 rings (SSSR count). The van der Waals surface area contributed by atoms with E-state index < -0.39 is 0 Å². The lowest BCUT2D eigenvalue weighted by Crippen LogP contribution is -2.33. The number of nitrogens with zero attached hydrogens (tertiary/aromatic N) is 4. The van der Waals surface area contributed by atoms with Crippen molar-refractivity contribution in [3.8, 4) is 0 Å². The molecular weight excluding hydrogens is 284 g/mol. The molecule has 0 aliphatic rings. The second-order valence-electron chi connectivity index (χ2n) is 5.40. The van der Waals surface area contributed by atoms with Gasteiger partial charge in [-0.3, -0.25) is 9.97 Å². The Balaban J connectivity index is 1.74. The van der Waals surface area contributed by atoms with Gasteiger partial charge < -0.3 is 9.13 Å². The lowest BCUT2D eigenvalue weighted by molar-refractivity contribution is -0.668. The number of fused-ring (bicyclic) bond motifs is 1. The zero-order valence-electron chi connectivity index (χ0n) is 12.6. The van der Waals surface area contributed by atoms with Crippen molar-refractivity contribution in [2.45, 2.75) is 13.1 Å². The summed E-state index contributed by atoms with van der Waals surface area (Å²) in [5, 5.41) is 0. The molecule has 3 aromatic heterocycles. The first-order valence-corrected chi connectivity index (χ1v) is 7.60. The summed E-state index contributed by atoms with van der Waals surface area (Å²) < 4.78 is 4.22. The van der Waals surface area contributed by atoms with E-state index in [1.165, 1.54) is 0 Å². The van der Waals surface area contributed by atoms with Crippen LogP contribution >= 0.6 is 0 Å². The maximum absolute atomic E-state index is 4.41. The Hall–Kier alpha value is -3.01. The van der Waals surface area contributed by atoms with Gasteiger partial charge in [-0.05, 0) is 24.3 Å². The van der Waals surface area contributed by atoms with E-state index in [0.717, 1.165) is 22.4 Å². The summed E-state index contributed by atoms with van der Waals surface area (Å²) in [4.78, 5) is 8.82. The van der Waals surface area contributed by atoms with Gasteiger partial charge in [0.2, 0.25) is 6.33 Å². The highest BCUT2D eigenvalue weighted by molar-refractivity contribution is 5.71. The molecule has 23 heavy (non-hydrogen) atoms. The number of rotatable bonds is 4. The van der Waals surface area contributed by atoms with Crippen LogP contribution in [0.25, 0.3) is 11.0 Å². The summed E-state index contributed by atoms with van der Waals surface area (Å²) in [6, 6.07) is 20.3. The fourth-order valence-corrected chi connectivity index (χ4v) is 2.72. The van der Waals surface area contributed by atoms with E-state index >= 15 is 0 Å². The molecule has 0 N–H and O–H groups in total. The molecule has 112 valence electrons. The molecule has 4 nitrogen and oxygen atoms in total. The Morgan fingerprint density at radius 3 is 2.26 bits per heavy atom. The zero-order chi connectivity index (χ0) is 15.5. The molecule has 0 radical (unpaired) electrons. The normalized spacial score (nSPS) is 11.0. The van der Waals surface area contributed by atoms with E-state index in [-0.39, 0.29) is 0 Å². The Labute approximate surface area is 134 Å². The van der Waals surface area contributed by atoms with Crippen LogP contribution in [-0.4, -0.2) is 14.5 Å². The van der Waals surface area contributed by atoms with Gasteiger partial charge in [0.25, 0.3) is 0 Å². The van der Waals surface area contributed by atoms with Crippen LogP contribution in [0.2, 0.25) is 0 Å². The standard InChI is InChI=1S/C19H16N4/c1-2-10-19-18(9-1)22(13-16-7-3-5-11-20-16)15-23(19)14-17-8-4-6-12-21-17/h1-12H,13-14H2. The largest absolute Gasteiger partial charge is 0.339 e. The highest BCUT2D eigenvalue weighted by Crippen LogP contribution is 2.12. The third-order valence-corrected chi connectivity index (χ3v) is 3.80. The molecule has 3 heterocycles. The molecule has 4 aromatic rings. The van der Waals surface area contributed by atoms with Crippen LogP contribution < -0.4 is 4.57 Å². The second-order valence-corrected chi connectivity index (χ2v) is 5.40. The maximum Gasteiger partial charge on any atom is 0.205 e. The molecule has 0 atom stereocenters. The molecular formula is C19H16N4. The molecule has 0 saturated carbocycles. The third-order valence-electron chi connectivity index (χ3n) is 3.80. The van der Waals surface area contributed by atoms with Gasteiger partial charge in [0.1, 0.15) is 13.1 Å². The summed E-state index contributed by atoms with van der Waals surface area (Å²) >= 11 is 0. The van der Waals surface area contributed by atoms with Crippen LogP contribution in [0.1, 0.15) is 11.4 Å². The number of benzene rings is 1. The summed E-state index contributed by atoms with van der Waals surface area (Å²) in [5.41, 5.74) is 4.34. The molecule has 0 aliphatic carbocycles. The summed E-state index contributed by atoms with van der Waals surface area (Å²) in [6.07, 6.45) is 7.08. The van der Waals surface area contributed by atoms with Gasteiger partial charge in [0.05, 0.1) is 11.4 Å². The van der Waals surface area contributed by atoms with Crippen molar-refractivity contribution >= 4 is 11.0 Å². The summed E-state index contributed by atoms with van der Waals surface area (Å²) in [6.45, 7) is 1.41. The molecule has 0 saturated heterocycles. The average molecular weight is 300 g/mol. The summed E-state index contributed by atoms with van der Waals surface area (Å²) in [5.74, 6) is 0. The van der Waals surface area contributed by atoms with Crippen LogP contribution in [0.4, 0.5) is 0 Å². The molecule has 0 bridgehead atoms. The Kier molecular flexibility index (Phi) is 3.56. The van der Waals surface area contributed by atoms with E-state index in [9.17, 15) is 0 Å².